The molecule has 0 saturated carbocycles. The molecule has 0 spiro atoms. The van der Waals surface area contributed by atoms with E-state index in [1.165, 1.54) is 70.6 Å². The molecule has 0 aromatic heterocycles. The third-order valence-corrected chi connectivity index (χ3v) is 19.9. The summed E-state index contributed by atoms with van der Waals surface area (Å²) in [5.41, 5.74) is 0. The van der Waals surface area contributed by atoms with E-state index in [-0.39, 0.29) is 206 Å². The summed E-state index contributed by atoms with van der Waals surface area (Å²) in [4.78, 5) is 161. The van der Waals surface area contributed by atoms with Crippen LogP contribution in [0.2, 0.25) is 0 Å². The lowest BCUT2D eigenvalue weighted by molar-refractivity contribution is -0.154. The number of nitrogens with zero attached hydrogens (tertiary/aromatic N) is 4. The summed E-state index contributed by atoms with van der Waals surface area (Å²) in [5, 5.41) is 3.42. The van der Waals surface area contributed by atoms with Crippen LogP contribution >= 0.6 is 70.6 Å². The largest absolute Gasteiger partial charge is 0.462 e. The van der Waals surface area contributed by atoms with Crippen LogP contribution in [0.1, 0.15) is 80.1 Å². The number of carbonyl (C=O) groups excluding carboxylic acids is 12. The molecule has 596 valence electrons. The third-order valence-electron chi connectivity index (χ3n) is 14.9. The molecule has 35 heteroatoms. The van der Waals surface area contributed by atoms with Crippen LogP contribution in [0.4, 0.5) is 0 Å². The predicted molar refractivity (Wildman–Crippen MR) is 403 cm³/mol. The molecule has 0 aliphatic heterocycles. The monoisotopic (exact) mass is 1580 g/mol. The van der Waals surface area contributed by atoms with Gasteiger partial charge in [0.25, 0.3) is 0 Å². The van der Waals surface area contributed by atoms with Gasteiger partial charge >= 0.3 is 71.6 Å². The molecule has 0 heterocycles. The maximum atomic E-state index is 13.3. The molecule has 0 bridgehead atoms. The first-order chi connectivity index (χ1) is 49.3. The first-order valence-corrected chi connectivity index (χ1v) is 43.2. The van der Waals surface area contributed by atoms with Gasteiger partial charge < -0.3 is 81.8 Å². The van der Waals surface area contributed by atoms with Crippen molar-refractivity contribution >= 4 is 142 Å². The SMILES string of the molecule is CSCC(C)C(=O)OCCOC(=O)CCN(CCNCCN(CCC(=O)OCCOC(=O)C(C)CSC)CCN(CCC(=O)OCCOC(=O)C(C)CSC)CCN(CCC(=O)OCCOC(=O)C(C)CSC)CCC(=O)OCCOC(=O)C(C)CSC)CCC(=O)OCCOC(=O)C(C)CSC. The smallest absolute Gasteiger partial charge is 0.309 e. The van der Waals surface area contributed by atoms with Crippen LogP contribution in [0.15, 0.2) is 0 Å². The number of carbonyl (C=O) groups is 12. The van der Waals surface area contributed by atoms with Crippen molar-refractivity contribution in [1.29, 1.82) is 0 Å². The second kappa shape index (κ2) is 64.7. The molecule has 0 fully saturated rings. The van der Waals surface area contributed by atoms with Crippen LogP contribution in [0.5, 0.6) is 0 Å². The van der Waals surface area contributed by atoms with Crippen LogP contribution in [0, 0.1) is 35.5 Å². The molecule has 6 atom stereocenters. The molecule has 29 nitrogen and oxygen atoms in total. The van der Waals surface area contributed by atoms with E-state index in [0.29, 0.717) is 73.8 Å². The maximum Gasteiger partial charge on any atom is 0.309 e. The molecule has 0 aromatic rings. The second-order valence-corrected chi connectivity index (χ2v) is 29.5. The number of nitrogens with one attached hydrogen (secondary N) is 1. The van der Waals surface area contributed by atoms with Gasteiger partial charge in [-0.1, -0.05) is 41.5 Å². The van der Waals surface area contributed by atoms with Crippen molar-refractivity contribution in [2.75, 3.05) is 243 Å². The van der Waals surface area contributed by atoms with E-state index in [9.17, 15) is 57.5 Å². The van der Waals surface area contributed by atoms with Crippen molar-refractivity contribution in [2.24, 2.45) is 35.5 Å². The van der Waals surface area contributed by atoms with E-state index in [1.54, 1.807) is 41.5 Å². The Hall–Kier alpha value is -4.46. The summed E-state index contributed by atoms with van der Waals surface area (Å²) < 4.78 is 64.2. The number of ether oxygens (including phenoxy) is 12. The van der Waals surface area contributed by atoms with Crippen LogP contribution < -0.4 is 5.32 Å². The summed E-state index contributed by atoms with van der Waals surface area (Å²) in [7, 11) is 0. The van der Waals surface area contributed by atoms with Gasteiger partial charge in [0, 0.05) is 126 Å². The molecule has 0 radical (unpaired) electrons. The molecule has 0 aromatic carbocycles. The van der Waals surface area contributed by atoms with E-state index >= 15 is 0 Å². The van der Waals surface area contributed by atoms with Crippen molar-refractivity contribution in [3.8, 4) is 0 Å². The van der Waals surface area contributed by atoms with Crippen LogP contribution in [0.25, 0.3) is 0 Å². The Morgan fingerprint density at radius 1 is 0.233 bits per heavy atom. The molecule has 0 aliphatic rings. The van der Waals surface area contributed by atoms with Gasteiger partial charge in [-0.05, 0) is 37.5 Å². The molecule has 1 N–H and O–H groups in total. The molecular weight excluding hydrogens is 1460 g/mol. The average molecular weight is 1580 g/mol. The van der Waals surface area contributed by atoms with Gasteiger partial charge in [-0.2, -0.15) is 70.6 Å². The van der Waals surface area contributed by atoms with Gasteiger partial charge in [0.2, 0.25) is 0 Å². The summed E-state index contributed by atoms with van der Waals surface area (Å²) >= 11 is 9.04. The zero-order valence-corrected chi connectivity index (χ0v) is 67.8. The first kappa shape index (κ1) is 98.5. The second-order valence-electron chi connectivity index (χ2n) is 24.1. The van der Waals surface area contributed by atoms with Gasteiger partial charge in [0.15, 0.2) is 0 Å². The standard InChI is InChI=1S/C68H119N5O24S6/c1-51(45-98-7)63(80)92-39-33-86-57(74)13-21-70(22-14-58(75)87-34-40-93-64(81)52(2)46-99-8)27-19-69-20-28-72(25-17-61(78)90-37-43-96-67(84)55(5)49-102-11)30-32-73(26-18-62(79)91-38-44-97-68(85)56(6)50-103-12)31-29-71(23-15-59(76)88-35-41-94-65(82)53(3)47-100-9)24-16-60(77)89-36-42-95-66(83)54(4)48-101-10/h51-56,69H,13-50H2,1-12H3. The van der Waals surface area contributed by atoms with Gasteiger partial charge in [-0.25, -0.2) is 0 Å². The van der Waals surface area contributed by atoms with E-state index in [1.807, 2.05) is 57.1 Å². The highest BCUT2D eigenvalue weighted by molar-refractivity contribution is 7.99. The highest BCUT2D eigenvalue weighted by atomic mass is 32.2. The quantitative estimate of drug-likeness (QED) is 0.0492. The van der Waals surface area contributed by atoms with Crippen LogP contribution in [-0.4, -0.2) is 334 Å². The number of thioether (sulfide) groups is 6. The third kappa shape index (κ3) is 54.7. The molecule has 0 amide bonds. The van der Waals surface area contributed by atoms with Gasteiger partial charge in [0.1, 0.15) is 79.3 Å². The Bertz CT molecular complexity index is 2320. The Morgan fingerprint density at radius 2 is 0.379 bits per heavy atom. The van der Waals surface area contributed by atoms with Crippen molar-refractivity contribution in [3.63, 3.8) is 0 Å². The van der Waals surface area contributed by atoms with E-state index < -0.39 is 71.6 Å². The number of esters is 12. The van der Waals surface area contributed by atoms with Crippen LogP contribution in [0.3, 0.4) is 0 Å². The zero-order valence-electron chi connectivity index (χ0n) is 62.9. The molecule has 103 heavy (non-hydrogen) atoms. The lowest BCUT2D eigenvalue weighted by atomic mass is 10.2. The van der Waals surface area contributed by atoms with Gasteiger partial charge in [-0.15, -0.1) is 0 Å². The summed E-state index contributed by atoms with van der Waals surface area (Å²) in [6.45, 7) is 12.6. The Kier molecular flexibility index (Phi) is 61.9. The molecule has 0 saturated heterocycles. The van der Waals surface area contributed by atoms with Crippen LogP contribution in [-0.2, 0) is 114 Å². The van der Waals surface area contributed by atoms with E-state index in [4.69, 9.17) is 56.8 Å². The van der Waals surface area contributed by atoms with Crippen molar-refractivity contribution in [2.45, 2.75) is 80.1 Å². The lowest BCUT2D eigenvalue weighted by Crippen LogP contribution is -2.44. The molecular formula is C68H119N5O24S6. The Balaban J connectivity index is 6.80. The average Bonchev–Trinajstić information content (AvgIpc) is 1.53. The number of hydrogen-bond acceptors (Lipinski definition) is 35. The normalized spacial score (nSPS) is 13.0. The molecule has 6 unspecified atom stereocenters. The summed E-state index contributed by atoms with van der Waals surface area (Å²) in [6.07, 6.45) is 10.8. The fourth-order valence-corrected chi connectivity index (χ4v) is 12.8. The van der Waals surface area contributed by atoms with Crippen molar-refractivity contribution < 1.29 is 114 Å². The highest BCUT2D eigenvalue weighted by Gasteiger charge is 2.23. The van der Waals surface area contributed by atoms with Crippen molar-refractivity contribution in [1.82, 2.24) is 24.9 Å². The Labute approximate surface area is 636 Å². The van der Waals surface area contributed by atoms with E-state index in [2.05, 4.69) is 5.32 Å². The fourth-order valence-electron chi connectivity index (χ4n) is 8.98. The summed E-state index contributed by atoms with van der Waals surface area (Å²) in [5.74, 6) is -4.31. The van der Waals surface area contributed by atoms with Gasteiger partial charge in [-0.3, -0.25) is 57.5 Å². The molecule has 0 rings (SSSR count). The highest BCUT2D eigenvalue weighted by Crippen LogP contribution is 2.13. The van der Waals surface area contributed by atoms with Crippen molar-refractivity contribution in [3.05, 3.63) is 0 Å². The minimum absolute atomic E-state index is 0.0474. The zero-order chi connectivity index (χ0) is 77.0. The Morgan fingerprint density at radius 3 is 0.553 bits per heavy atom. The minimum atomic E-state index is -0.576. The topological polar surface area (TPSA) is 341 Å². The molecule has 0 aliphatic carbocycles. The fraction of sp³-hybridized carbons (Fsp3) is 0.824. The minimum Gasteiger partial charge on any atom is -0.462 e. The lowest BCUT2D eigenvalue weighted by Gasteiger charge is -2.30. The maximum absolute atomic E-state index is 13.3. The predicted octanol–water partition coefficient (Wildman–Crippen LogP) is 4.64. The summed E-state index contributed by atoms with van der Waals surface area (Å²) in [6, 6.07) is 0. The number of hydrogen-bond donors (Lipinski definition) is 1. The van der Waals surface area contributed by atoms with Gasteiger partial charge in [0.05, 0.1) is 74.0 Å². The number of rotatable bonds is 66. The van der Waals surface area contributed by atoms with E-state index in [0.717, 1.165) is 0 Å². The first-order valence-electron chi connectivity index (χ1n) is 34.8.